The van der Waals surface area contributed by atoms with Gasteiger partial charge in [-0.15, -0.1) is 5.10 Å². The van der Waals surface area contributed by atoms with Crippen LogP contribution in [-0.2, 0) is 4.79 Å². The summed E-state index contributed by atoms with van der Waals surface area (Å²) >= 11 is 0. The number of rotatable bonds is 8. The minimum atomic E-state index is -1.06. The Morgan fingerprint density at radius 1 is 1.27 bits per heavy atom. The molecule has 0 radical (unpaired) electrons. The highest BCUT2D eigenvalue weighted by Crippen LogP contribution is 2.18. The summed E-state index contributed by atoms with van der Waals surface area (Å²) in [6, 6.07) is 7.31. The van der Waals surface area contributed by atoms with Gasteiger partial charge in [0.25, 0.3) is 5.91 Å². The molecule has 0 unspecified atom stereocenters. The first-order valence-corrected chi connectivity index (χ1v) is 8.54. The largest absolute Gasteiger partial charge is 0.491 e. The standard InChI is InChI=1S/C18H24N4O4/c1-5-10-21(11-16(23)24)18(25)17-13(4)22(20-19-17)14-6-8-15(9-7-14)26-12(2)3/h6-9,12H,5,10-11H2,1-4H3,(H,23,24). The SMILES string of the molecule is CCCN(CC(=O)O)C(=O)c1nnn(-c2ccc(OC(C)C)cc2)c1C. The molecule has 0 aliphatic heterocycles. The van der Waals surface area contributed by atoms with E-state index in [4.69, 9.17) is 9.84 Å². The van der Waals surface area contributed by atoms with Gasteiger partial charge in [0.2, 0.25) is 0 Å². The van der Waals surface area contributed by atoms with E-state index in [1.54, 1.807) is 11.6 Å². The van der Waals surface area contributed by atoms with Crippen molar-refractivity contribution in [3.63, 3.8) is 0 Å². The van der Waals surface area contributed by atoms with Gasteiger partial charge in [-0.1, -0.05) is 12.1 Å². The van der Waals surface area contributed by atoms with Crippen molar-refractivity contribution in [2.24, 2.45) is 0 Å². The van der Waals surface area contributed by atoms with E-state index in [0.717, 1.165) is 11.4 Å². The average molecular weight is 360 g/mol. The van der Waals surface area contributed by atoms with E-state index in [1.165, 1.54) is 4.90 Å². The molecule has 1 amide bonds. The number of carboxylic acids is 1. The van der Waals surface area contributed by atoms with E-state index < -0.39 is 11.9 Å². The first kappa shape index (κ1) is 19.4. The molecule has 0 spiro atoms. The zero-order valence-corrected chi connectivity index (χ0v) is 15.5. The first-order chi connectivity index (χ1) is 12.3. The number of nitrogens with zero attached hydrogens (tertiary/aromatic N) is 4. The van der Waals surface area contributed by atoms with E-state index in [-0.39, 0.29) is 18.3 Å². The van der Waals surface area contributed by atoms with Crippen LogP contribution in [0.5, 0.6) is 5.75 Å². The van der Waals surface area contributed by atoms with Crippen LogP contribution in [0.25, 0.3) is 5.69 Å². The second kappa shape index (κ2) is 8.46. The van der Waals surface area contributed by atoms with Crippen molar-refractivity contribution in [1.29, 1.82) is 0 Å². The molecule has 26 heavy (non-hydrogen) atoms. The fraction of sp³-hybridized carbons (Fsp3) is 0.444. The van der Waals surface area contributed by atoms with Gasteiger partial charge in [0.05, 0.1) is 17.5 Å². The van der Waals surface area contributed by atoms with Crippen molar-refractivity contribution in [3.05, 3.63) is 35.7 Å². The van der Waals surface area contributed by atoms with Gasteiger partial charge in [0.1, 0.15) is 12.3 Å². The number of carbonyl (C=O) groups is 2. The van der Waals surface area contributed by atoms with E-state index in [2.05, 4.69) is 10.3 Å². The van der Waals surface area contributed by atoms with Crippen LogP contribution in [0.15, 0.2) is 24.3 Å². The molecule has 1 heterocycles. The summed E-state index contributed by atoms with van der Waals surface area (Å²) in [6.45, 7) is 7.50. The van der Waals surface area contributed by atoms with Gasteiger partial charge < -0.3 is 14.7 Å². The molecule has 1 aromatic heterocycles. The lowest BCUT2D eigenvalue weighted by Crippen LogP contribution is -2.36. The van der Waals surface area contributed by atoms with E-state index in [9.17, 15) is 9.59 Å². The monoisotopic (exact) mass is 360 g/mol. The third-order valence-electron chi connectivity index (χ3n) is 3.66. The molecule has 2 aromatic rings. The van der Waals surface area contributed by atoms with Crippen LogP contribution < -0.4 is 4.74 Å². The molecular weight excluding hydrogens is 336 g/mol. The van der Waals surface area contributed by atoms with E-state index in [0.29, 0.717) is 18.7 Å². The van der Waals surface area contributed by atoms with Gasteiger partial charge in [-0.25, -0.2) is 4.68 Å². The lowest BCUT2D eigenvalue weighted by Gasteiger charge is -2.18. The van der Waals surface area contributed by atoms with Crippen LogP contribution in [0.3, 0.4) is 0 Å². The molecule has 1 N–H and O–H groups in total. The maximum absolute atomic E-state index is 12.6. The van der Waals surface area contributed by atoms with Crippen molar-refractivity contribution in [3.8, 4) is 11.4 Å². The predicted octanol–water partition coefficient (Wildman–Crippen LogP) is 2.30. The smallest absolute Gasteiger partial charge is 0.323 e. The number of amides is 1. The third-order valence-corrected chi connectivity index (χ3v) is 3.66. The number of benzene rings is 1. The second-order valence-corrected chi connectivity index (χ2v) is 6.22. The normalized spacial score (nSPS) is 10.8. The van der Waals surface area contributed by atoms with Crippen LogP contribution in [0, 0.1) is 6.92 Å². The highest BCUT2D eigenvalue weighted by molar-refractivity contribution is 5.95. The fourth-order valence-corrected chi connectivity index (χ4v) is 2.55. The van der Waals surface area contributed by atoms with Gasteiger partial charge >= 0.3 is 5.97 Å². The number of ether oxygens (including phenoxy) is 1. The topological polar surface area (TPSA) is 97.5 Å². The lowest BCUT2D eigenvalue weighted by atomic mass is 10.2. The summed E-state index contributed by atoms with van der Waals surface area (Å²) < 4.78 is 7.17. The summed E-state index contributed by atoms with van der Waals surface area (Å²) in [7, 11) is 0. The highest BCUT2D eigenvalue weighted by Gasteiger charge is 2.24. The number of aliphatic carboxylic acids is 1. The molecule has 0 fully saturated rings. The number of carboxylic acid groups (broad SMARTS) is 1. The van der Waals surface area contributed by atoms with Crippen LogP contribution in [0.2, 0.25) is 0 Å². The molecule has 0 saturated carbocycles. The Balaban J connectivity index is 2.25. The minimum absolute atomic E-state index is 0.0805. The van der Waals surface area contributed by atoms with Crippen molar-refractivity contribution in [2.75, 3.05) is 13.1 Å². The molecule has 1 aromatic carbocycles. The number of hydrogen-bond donors (Lipinski definition) is 1. The fourth-order valence-electron chi connectivity index (χ4n) is 2.55. The van der Waals surface area contributed by atoms with Crippen molar-refractivity contribution >= 4 is 11.9 Å². The zero-order valence-electron chi connectivity index (χ0n) is 15.5. The van der Waals surface area contributed by atoms with E-state index in [1.807, 2.05) is 45.0 Å². The Morgan fingerprint density at radius 2 is 1.92 bits per heavy atom. The molecule has 2 rings (SSSR count). The van der Waals surface area contributed by atoms with Crippen LogP contribution in [0.1, 0.15) is 43.4 Å². The summed E-state index contributed by atoms with van der Waals surface area (Å²) in [5, 5.41) is 17.0. The summed E-state index contributed by atoms with van der Waals surface area (Å²) in [5.74, 6) is -0.747. The molecular formula is C18H24N4O4. The van der Waals surface area contributed by atoms with Crippen LogP contribution in [0.4, 0.5) is 0 Å². The Kier molecular flexibility index (Phi) is 6.32. The van der Waals surface area contributed by atoms with Gasteiger partial charge in [0.15, 0.2) is 5.69 Å². The maximum atomic E-state index is 12.6. The van der Waals surface area contributed by atoms with Crippen LogP contribution in [-0.4, -0.2) is 56.1 Å². The molecule has 8 nitrogen and oxygen atoms in total. The van der Waals surface area contributed by atoms with Crippen molar-refractivity contribution in [2.45, 2.75) is 40.2 Å². The highest BCUT2D eigenvalue weighted by atomic mass is 16.5. The Labute approximate surface area is 152 Å². The minimum Gasteiger partial charge on any atom is -0.491 e. The molecule has 0 aliphatic rings. The third kappa shape index (κ3) is 4.59. The molecule has 0 aliphatic carbocycles. The number of carbonyl (C=O) groups excluding carboxylic acids is 1. The predicted molar refractivity (Wildman–Crippen MR) is 95.7 cm³/mol. The zero-order chi connectivity index (χ0) is 19.3. The van der Waals surface area contributed by atoms with Gasteiger partial charge in [-0.2, -0.15) is 0 Å². The molecule has 0 atom stereocenters. The molecule has 0 bridgehead atoms. The maximum Gasteiger partial charge on any atom is 0.323 e. The Hall–Kier alpha value is -2.90. The lowest BCUT2D eigenvalue weighted by molar-refractivity contribution is -0.137. The van der Waals surface area contributed by atoms with Crippen molar-refractivity contribution < 1.29 is 19.4 Å². The molecule has 8 heteroatoms. The van der Waals surface area contributed by atoms with Gasteiger partial charge in [-0.3, -0.25) is 9.59 Å². The Bertz CT molecular complexity index is 768. The number of hydrogen-bond acceptors (Lipinski definition) is 5. The van der Waals surface area contributed by atoms with Gasteiger partial charge in [0, 0.05) is 6.54 Å². The summed E-state index contributed by atoms with van der Waals surface area (Å²) in [6.07, 6.45) is 0.737. The molecule has 0 saturated heterocycles. The summed E-state index contributed by atoms with van der Waals surface area (Å²) in [5.41, 5.74) is 1.45. The summed E-state index contributed by atoms with van der Waals surface area (Å²) in [4.78, 5) is 24.9. The Morgan fingerprint density at radius 3 is 2.46 bits per heavy atom. The van der Waals surface area contributed by atoms with E-state index >= 15 is 0 Å². The second-order valence-electron chi connectivity index (χ2n) is 6.22. The van der Waals surface area contributed by atoms with Gasteiger partial charge in [-0.05, 0) is 51.5 Å². The average Bonchev–Trinajstić information content (AvgIpc) is 2.95. The first-order valence-electron chi connectivity index (χ1n) is 8.54. The van der Waals surface area contributed by atoms with Crippen molar-refractivity contribution in [1.82, 2.24) is 19.9 Å². The number of aromatic nitrogens is 3. The van der Waals surface area contributed by atoms with Crippen LogP contribution >= 0.6 is 0 Å². The molecule has 140 valence electrons. The quantitative estimate of drug-likeness (QED) is 0.776.